The van der Waals surface area contributed by atoms with E-state index in [0.29, 0.717) is 17.4 Å². The van der Waals surface area contributed by atoms with Crippen LogP contribution >= 0.6 is 11.8 Å². The highest BCUT2D eigenvalue weighted by Crippen LogP contribution is 2.36. The van der Waals surface area contributed by atoms with Crippen LogP contribution < -0.4 is 5.32 Å². The summed E-state index contributed by atoms with van der Waals surface area (Å²) in [6, 6.07) is 2.95. The highest BCUT2D eigenvalue weighted by Gasteiger charge is 2.10. The quantitative estimate of drug-likeness (QED) is 0.592. The number of thioether (sulfide) groups is 1. The first-order valence-corrected chi connectivity index (χ1v) is 6.31. The van der Waals surface area contributed by atoms with Crippen molar-refractivity contribution in [3.8, 4) is 17.2 Å². The molecule has 0 spiro atoms. The zero-order valence-corrected chi connectivity index (χ0v) is 10.2. The van der Waals surface area contributed by atoms with E-state index in [1.165, 1.54) is 6.07 Å². The fourth-order valence-corrected chi connectivity index (χ4v) is 1.53. The second kappa shape index (κ2) is 5.86. The number of benzene rings is 1. The van der Waals surface area contributed by atoms with Crippen LogP contribution in [-0.4, -0.2) is 33.4 Å². The maximum absolute atomic E-state index is 9.55. The first-order chi connectivity index (χ1) is 7.56. The van der Waals surface area contributed by atoms with Gasteiger partial charge in [0.2, 0.25) is 5.75 Å². The molecule has 0 heterocycles. The molecular formula is C11H17NO3S. The molecule has 1 atom stereocenters. The van der Waals surface area contributed by atoms with Crippen molar-refractivity contribution in [2.24, 2.45) is 0 Å². The predicted octanol–water partition coefficient (Wildman–Crippen LogP) is 1.64. The summed E-state index contributed by atoms with van der Waals surface area (Å²) in [5.74, 6) is -1.03. The lowest BCUT2D eigenvalue weighted by atomic mass is 10.1. The van der Waals surface area contributed by atoms with Gasteiger partial charge in [0.25, 0.3) is 0 Å². The van der Waals surface area contributed by atoms with Crippen LogP contribution in [0.15, 0.2) is 12.1 Å². The van der Waals surface area contributed by atoms with Crippen LogP contribution in [0.25, 0.3) is 0 Å². The molecule has 0 saturated carbocycles. The number of nitrogens with one attached hydrogen (secondary N) is 1. The SMILES string of the molecule is CSC(C)CNCc1ccc(O)c(O)c1O. The van der Waals surface area contributed by atoms with E-state index in [-0.39, 0.29) is 11.5 Å². The number of aromatic hydroxyl groups is 3. The summed E-state index contributed by atoms with van der Waals surface area (Å²) in [6.45, 7) is 3.39. The average molecular weight is 243 g/mol. The van der Waals surface area contributed by atoms with Gasteiger partial charge in [0, 0.05) is 23.9 Å². The van der Waals surface area contributed by atoms with Crippen molar-refractivity contribution in [1.82, 2.24) is 5.32 Å². The van der Waals surface area contributed by atoms with Gasteiger partial charge in [-0.1, -0.05) is 13.0 Å². The molecule has 0 aliphatic heterocycles. The highest BCUT2D eigenvalue weighted by molar-refractivity contribution is 7.99. The van der Waals surface area contributed by atoms with Crippen molar-refractivity contribution in [2.45, 2.75) is 18.7 Å². The molecule has 90 valence electrons. The topological polar surface area (TPSA) is 72.7 Å². The van der Waals surface area contributed by atoms with Crippen molar-refractivity contribution < 1.29 is 15.3 Å². The average Bonchev–Trinajstić information content (AvgIpc) is 2.29. The van der Waals surface area contributed by atoms with Gasteiger partial charge in [-0.15, -0.1) is 0 Å². The second-order valence-electron chi connectivity index (χ2n) is 3.62. The van der Waals surface area contributed by atoms with Gasteiger partial charge in [0.05, 0.1) is 0 Å². The maximum Gasteiger partial charge on any atom is 0.200 e. The molecule has 0 radical (unpaired) electrons. The third-order valence-electron chi connectivity index (χ3n) is 2.36. The van der Waals surface area contributed by atoms with E-state index in [2.05, 4.69) is 12.2 Å². The Morgan fingerprint density at radius 2 is 1.94 bits per heavy atom. The predicted molar refractivity (Wildman–Crippen MR) is 66.1 cm³/mol. The van der Waals surface area contributed by atoms with E-state index in [1.54, 1.807) is 17.8 Å². The van der Waals surface area contributed by atoms with Gasteiger partial charge in [-0.05, 0) is 12.3 Å². The minimum atomic E-state index is -0.461. The molecule has 16 heavy (non-hydrogen) atoms. The Bertz CT molecular complexity index is 357. The summed E-state index contributed by atoms with van der Waals surface area (Å²) in [4.78, 5) is 0. The fraction of sp³-hybridized carbons (Fsp3) is 0.455. The van der Waals surface area contributed by atoms with Gasteiger partial charge in [0.1, 0.15) is 0 Å². The minimum absolute atomic E-state index is 0.260. The van der Waals surface area contributed by atoms with Crippen molar-refractivity contribution in [2.75, 3.05) is 12.8 Å². The lowest BCUT2D eigenvalue weighted by Crippen LogP contribution is -2.22. The Labute approximate surface area is 99.3 Å². The van der Waals surface area contributed by atoms with E-state index >= 15 is 0 Å². The summed E-state index contributed by atoms with van der Waals surface area (Å²) in [5.41, 5.74) is 0.573. The van der Waals surface area contributed by atoms with Crippen LogP contribution in [0.1, 0.15) is 12.5 Å². The molecule has 1 rings (SSSR count). The zero-order valence-electron chi connectivity index (χ0n) is 9.40. The summed E-state index contributed by atoms with van der Waals surface area (Å²) < 4.78 is 0. The van der Waals surface area contributed by atoms with Crippen LogP contribution in [0.4, 0.5) is 0 Å². The van der Waals surface area contributed by atoms with E-state index in [1.807, 2.05) is 6.26 Å². The molecule has 0 aliphatic carbocycles. The van der Waals surface area contributed by atoms with Gasteiger partial charge >= 0.3 is 0 Å². The van der Waals surface area contributed by atoms with E-state index in [9.17, 15) is 10.2 Å². The number of rotatable bonds is 5. The molecule has 5 heteroatoms. The molecule has 0 bridgehead atoms. The van der Waals surface area contributed by atoms with Gasteiger partial charge < -0.3 is 20.6 Å². The Kier molecular flexibility index (Phi) is 4.76. The molecule has 1 aromatic carbocycles. The van der Waals surface area contributed by atoms with Gasteiger partial charge in [-0.3, -0.25) is 0 Å². The monoisotopic (exact) mass is 243 g/mol. The normalized spacial score (nSPS) is 12.6. The molecule has 0 aliphatic rings. The summed E-state index contributed by atoms with van der Waals surface area (Å²) in [6.07, 6.45) is 2.04. The number of hydrogen-bond acceptors (Lipinski definition) is 5. The van der Waals surface area contributed by atoms with E-state index in [0.717, 1.165) is 6.54 Å². The van der Waals surface area contributed by atoms with Crippen molar-refractivity contribution >= 4 is 11.8 Å². The second-order valence-corrected chi connectivity index (χ2v) is 4.89. The molecule has 0 fully saturated rings. The summed E-state index contributed by atoms with van der Waals surface area (Å²) in [7, 11) is 0. The Balaban J connectivity index is 2.58. The standard InChI is InChI=1S/C11H17NO3S/c1-7(16-2)5-12-6-8-3-4-9(13)11(15)10(8)14/h3-4,7,12-15H,5-6H2,1-2H3. The van der Waals surface area contributed by atoms with Crippen LogP contribution in [-0.2, 0) is 6.54 Å². The van der Waals surface area contributed by atoms with Gasteiger partial charge in [-0.2, -0.15) is 11.8 Å². The first kappa shape index (κ1) is 13.0. The third-order valence-corrected chi connectivity index (χ3v) is 3.33. The van der Waals surface area contributed by atoms with Crippen LogP contribution in [0.5, 0.6) is 17.2 Å². The molecule has 4 N–H and O–H groups in total. The lowest BCUT2D eigenvalue weighted by molar-refractivity contribution is 0.364. The Morgan fingerprint density at radius 3 is 2.56 bits per heavy atom. The van der Waals surface area contributed by atoms with Crippen molar-refractivity contribution in [1.29, 1.82) is 0 Å². The minimum Gasteiger partial charge on any atom is -0.504 e. The lowest BCUT2D eigenvalue weighted by Gasteiger charge is -2.11. The zero-order chi connectivity index (χ0) is 12.1. The smallest absolute Gasteiger partial charge is 0.200 e. The van der Waals surface area contributed by atoms with Crippen LogP contribution in [0.3, 0.4) is 0 Å². The maximum atomic E-state index is 9.55. The number of phenolic OH excluding ortho intramolecular Hbond substituents is 3. The van der Waals surface area contributed by atoms with E-state index < -0.39 is 5.75 Å². The number of phenols is 3. The van der Waals surface area contributed by atoms with Gasteiger partial charge in [0.15, 0.2) is 11.5 Å². The third kappa shape index (κ3) is 3.21. The Morgan fingerprint density at radius 1 is 1.25 bits per heavy atom. The Hall–Kier alpha value is -1.07. The molecule has 1 unspecified atom stereocenters. The van der Waals surface area contributed by atoms with Gasteiger partial charge in [-0.25, -0.2) is 0 Å². The molecule has 0 aromatic heterocycles. The summed E-state index contributed by atoms with van der Waals surface area (Å²) >= 11 is 1.76. The highest BCUT2D eigenvalue weighted by atomic mass is 32.2. The molecular weight excluding hydrogens is 226 g/mol. The summed E-state index contributed by atoms with van der Waals surface area (Å²) in [5, 5.41) is 31.7. The molecule has 1 aromatic rings. The molecule has 0 saturated heterocycles. The fourth-order valence-electron chi connectivity index (χ4n) is 1.25. The largest absolute Gasteiger partial charge is 0.504 e. The van der Waals surface area contributed by atoms with E-state index in [4.69, 9.17) is 5.11 Å². The van der Waals surface area contributed by atoms with Crippen LogP contribution in [0.2, 0.25) is 0 Å². The molecule has 4 nitrogen and oxygen atoms in total. The van der Waals surface area contributed by atoms with Crippen molar-refractivity contribution in [3.63, 3.8) is 0 Å². The number of hydrogen-bond donors (Lipinski definition) is 4. The van der Waals surface area contributed by atoms with Crippen LogP contribution in [0, 0.1) is 0 Å². The molecule has 0 amide bonds. The first-order valence-electron chi connectivity index (χ1n) is 5.02. The van der Waals surface area contributed by atoms with Crippen molar-refractivity contribution in [3.05, 3.63) is 17.7 Å².